The predicted octanol–water partition coefficient (Wildman–Crippen LogP) is 1.11. The molecule has 1 aliphatic heterocycles. The number of rotatable bonds is 6. The van der Waals surface area contributed by atoms with Gasteiger partial charge in [0.25, 0.3) is 0 Å². The molecule has 0 saturated carbocycles. The van der Waals surface area contributed by atoms with Crippen LogP contribution in [-0.2, 0) is 4.79 Å². The number of hydrogen-bond donors (Lipinski definition) is 3. The first-order chi connectivity index (χ1) is 11.6. The van der Waals surface area contributed by atoms with Crippen LogP contribution < -0.4 is 20.9 Å². The fourth-order valence-electron chi connectivity index (χ4n) is 2.56. The highest BCUT2D eigenvalue weighted by atomic mass is 127. The topological polar surface area (TPSA) is 81.6 Å². The Balaban J connectivity index is 0.00000312. The van der Waals surface area contributed by atoms with Crippen LogP contribution in [0.3, 0.4) is 0 Å². The van der Waals surface area contributed by atoms with Crippen LogP contribution >= 0.6 is 24.0 Å². The average molecular weight is 464 g/mol. The number of anilines is 1. The van der Waals surface area contributed by atoms with Crippen LogP contribution in [-0.4, -0.2) is 56.1 Å². The van der Waals surface area contributed by atoms with E-state index in [0.29, 0.717) is 24.9 Å². The molecule has 1 aromatic rings. The Morgan fingerprint density at radius 1 is 1.48 bits per heavy atom. The molecule has 7 nitrogen and oxygen atoms in total. The zero-order chi connectivity index (χ0) is 17.4. The fraction of sp³-hybridized carbons (Fsp3) is 0.562. The molecule has 0 aromatic carbocycles. The van der Waals surface area contributed by atoms with Gasteiger partial charge in [-0.25, -0.2) is 9.37 Å². The number of pyridine rings is 1. The molecule has 1 unspecified atom stereocenters. The molecular weight excluding hydrogens is 438 g/mol. The van der Waals surface area contributed by atoms with Crippen LogP contribution in [0.4, 0.5) is 10.2 Å². The minimum absolute atomic E-state index is 0. The van der Waals surface area contributed by atoms with E-state index in [9.17, 15) is 9.18 Å². The average Bonchev–Trinajstić information content (AvgIpc) is 3.05. The number of carbonyl (C=O) groups excluding carboxylic acids is 1. The number of nitrogens with zero attached hydrogens (tertiary/aromatic N) is 3. The lowest BCUT2D eigenvalue weighted by atomic mass is 10.3. The first-order valence-electron chi connectivity index (χ1n) is 8.23. The Morgan fingerprint density at radius 2 is 2.28 bits per heavy atom. The molecule has 9 heteroatoms. The minimum Gasteiger partial charge on any atom is -0.355 e. The highest BCUT2D eigenvalue weighted by molar-refractivity contribution is 14.0. The van der Waals surface area contributed by atoms with Gasteiger partial charge in [0.2, 0.25) is 5.91 Å². The van der Waals surface area contributed by atoms with Crippen LogP contribution in [0.2, 0.25) is 0 Å². The molecule has 1 aromatic heterocycles. The zero-order valence-corrected chi connectivity index (χ0v) is 16.9. The second-order valence-electron chi connectivity index (χ2n) is 5.66. The molecule has 0 bridgehead atoms. The highest BCUT2D eigenvalue weighted by Gasteiger charge is 2.25. The van der Waals surface area contributed by atoms with Crippen molar-refractivity contribution < 1.29 is 9.18 Å². The summed E-state index contributed by atoms with van der Waals surface area (Å²) in [5.41, 5.74) is 0. The van der Waals surface area contributed by atoms with Crippen molar-refractivity contribution in [3.05, 3.63) is 24.1 Å². The van der Waals surface area contributed by atoms with E-state index in [4.69, 9.17) is 0 Å². The van der Waals surface area contributed by atoms with E-state index in [2.05, 4.69) is 25.9 Å². The van der Waals surface area contributed by atoms with Gasteiger partial charge in [0.15, 0.2) is 17.6 Å². The standard InChI is InChI=1S/C16H25FN6O.HI/c1-3-7-19-14(24)10-21-16(18-2)22-12-6-9-23(11-12)15-13(17)5-4-8-20-15;/h4-5,8,12H,3,6-7,9-11H2,1-2H3,(H,19,24)(H2,18,21,22);1H. The van der Waals surface area contributed by atoms with Gasteiger partial charge >= 0.3 is 0 Å². The van der Waals surface area contributed by atoms with Gasteiger partial charge in [-0.15, -0.1) is 24.0 Å². The van der Waals surface area contributed by atoms with Crippen molar-refractivity contribution in [2.24, 2.45) is 4.99 Å². The maximum absolute atomic E-state index is 13.8. The number of nitrogens with one attached hydrogen (secondary N) is 3. The molecule has 140 valence electrons. The van der Waals surface area contributed by atoms with Gasteiger partial charge in [0.1, 0.15) is 0 Å². The van der Waals surface area contributed by atoms with E-state index < -0.39 is 0 Å². The number of carbonyl (C=O) groups is 1. The van der Waals surface area contributed by atoms with Crippen LogP contribution in [0.15, 0.2) is 23.3 Å². The first kappa shape index (κ1) is 21.4. The van der Waals surface area contributed by atoms with Gasteiger partial charge in [-0.05, 0) is 25.0 Å². The molecule has 1 fully saturated rings. The summed E-state index contributed by atoms with van der Waals surface area (Å²) in [6, 6.07) is 3.12. The number of amides is 1. The van der Waals surface area contributed by atoms with Gasteiger partial charge in [-0.2, -0.15) is 0 Å². The van der Waals surface area contributed by atoms with Crippen molar-refractivity contribution in [1.82, 2.24) is 20.9 Å². The van der Waals surface area contributed by atoms with Crippen molar-refractivity contribution in [3.63, 3.8) is 0 Å². The molecule has 1 amide bonds. The number of hydrogen-bond acceptors (Lipinski definition) is 4. The van der Waals surface area contributed by atoms with Gasteiger partial charge < -0.3 is 20.9 Å². The molecule has 3 N–H and O–H groups in total. The number of guanidine groups is 1. The van der Waals surface area contributed by atoms with E-state index in [1.165, 1.54) is 6.07 Å². The van der Waals surface area contributed by atoms with Crippen molar-refractivity contribution in [1.29, 1.82) is 0 Å². The molecule has 1 atom stereocenters. The van der Waals surface area contributed by atoms with Gasteiger partial charge in [0, 0.05) is 38.9 Å². The van der Waals surface area contributed by atoms with Crippen molar-refractivity contribution in [2.45, 2.75) is 25.8 Å². The van der Waals surface area contributed by atoms with Gasteiger partial charge in [-0.1, -0.05) is 6.92 Å². The Kier molecular flexibility index (Phi) is 9.46. The summed E-state index contributed by atoms with van der Waals surface area (Å²) >= 11 is 0. The molecule has 1 saturated heterocycles. The summed E-state index contributed by atoms with van der Waals surface area (Å²) in [7, 11) is 1.66. The maximum Gasteiger partial charge on any atom is 0.239 e. The van der Waals surface area contributed by atoms with Gasteiger partial charge in [0.05, 0.1) is 6.54 Å². The second kappa shape index (κ2) is 11.1. The summed E-state index contributed by atoms with van der Waals surface area (Å²) in [6.07, 6.45) is 3.34. The smallest absolute Gasteiger partial charge is 0.239 e. The monoisotopic (exact) mass is 464 g/mol. The third-order valence-corrected chi connectivity index (χ3v) is 3.78. The SMILES string of the molecule is CCCNC(=O)CNC(=NC)NC1CCN(c2ncccc2F)C1.I. The van der Waals surface area contributed by atoms with Crippen LogP contribution in [0.5, 0.6) is 0 Å². The summed E-state index contributed by atoms with van der Waals surface area (Å²) < 4.78 is 13.8. The molecule has 0 radical (unpaired) electrons. The second-order valence-corrected chi connectivity index (χ2v) is 5.66. The van der Waals surface area contributed by atoms with E-state index in [0.717, 1.165) is 19.4 Å². The molecule has 25 heavy (non-hydrogen) atoms. The predicted molar refractivity (Wildman–Crippen MR) is 108 cm³/mol. The summed E-state index contributed by atoms with van der Waals surface area (Å²) in [5, 5.41) is 9.05. The number of halogens is 2. The largest absolute Gasteiger partial charge is 0.355 e. The van der Waals surface area contributed by atoms with E-state index >= 15 is 0 Å². The van der Waals surface area contributed by atoms with E-state index in [-0.39, 0.29) is 48.3 Å². The highest BCUT2D eigenvalue weighted by Crippen LogP contribution is 2.20. The van der Waals surface area contributed by atoms with Crippen LogP contribution in [0, 0.1) is 5.82 Å². The molecule has 2 heterocycles. The number of aliphatic imine (C=N–C) groups is 1. The quantitative estimate of drug-likeness (QED) is 0.334. The van der Waals surface area contributed by atoms with E-state index in [1.807, 2.05) is 11.8 Å². The summed E-state index contributed by atoms with van der Waals surface area (Å²) in [6.45, 7) is 4.20. The van der Waals surface area contributed by atoms with Crippen LogP contribution in [0.25, 0.3) is 0 Å². The lowest BCUT2D eigenvalue weighted by Gasteiger charge is -2.19. The molecule has 1 aliphatic rings. The number of aromatic nitrogens is 1. The third-order valence-electron chi connectivity index (χ3n) is 3.78. The Bertz CT molecular complexity index is 585. The van der Waals surface area contributed by atoms with Crippen molar-refractivity contribution in [3.8, 4) is 0 Å². The first-order valence-corrected chi connectivity index (χ1v) is 8.23. The normalized spacial score (nSPS) is 17.0. The van der Waals surface area contributed by atoms with Gasteiger partial charge in [-0.3, -0.25) is 9.79 Å². The lowest BCUT2D eigenvalue weighted by molar-refractivity contribution is -0.120. The maximum atomic E-state index is 13.8. The fourth-order valence-corrected chi connectivity index (χ4v) is 2.56. The minimum atomic E-state index is -0.312. The Morgan fingerprint density at radius 3 is 2.96 bits per heavy atom. The van der Waals surface area contributed by atoms with Crippen LogP contribution in [0.1, 0.15) is 19.8 Å². The Hall–Kier alpha value is -1.65. The van der Waals surface area contributed by atoms with E-state index in [1.54, 1.807) is 19.3 Å². The molecule has 0 spiro atoms. The molecular formula is C16H26FIN6O. The lowest BCUT2D eigenvalue weighted by Crippen LogP contribution is -2.47. The zero-order valence-electron chi connectivity index (χ0n) is 14.6. The third kappa shape index (κ3) is 6.63. The summed E-state index contributed by atoms with van der Waals surface area (Å²) in [5.74, 6) is 0.565. The van der Waals surface area contributed by atoms with Crippen molar-refractivity contribution >= 4 is 41.7 Å². The molecule has 0 aliphatic carbocycles. The van der Waals surface area contributed by atoms with Crippen molar-refractivity contribution in [2.75, 3.05) is 38.1 Å². The Labute approximate surface area is 164 Å². The molecule has 2 rings (SSSR count). The summed E-state index contributed by atoms with van der Waals surface area (Å²) in [4.78, 5) is 21.8.